The Balaban J connectivity index is 2.40. The molecule has 0 aliphatic heterocycles. The Morgan fingerprint density at radius 3 is 2.87 bits per heavy atom. The molecule has 0 unspecified atom stereocenters. The Morgan fingerprint density at radius 2 is 2.20 bits per heavy atom. The van der Waals surface area contributed by atoms with E-state index in [2.05, 4.69) is 17.2 Å². The van der Waals surface area contributed by atoms with Gasteiger partial charge in [-0.15, -0.1) is 6.58 Å². The fourth-order valence-electron chi connectivity index (χ4n) is 1.20. The summed E-state index contributed by atoms with van der Waals surface area (Å²) in [4.78, 5) is 11.3. The number of anilines is 1. The van der Waals surface area contributed by atoms with E-state index in [-0.39, 0.29) is 5.91 Å². The van der Waals surface area contributed by atoms with Crippen LogP contribution in [0.2, 0.25) is 0 Å². The molecule has 15 heavy (non-hydrogen) atoms. The van der Waals surface area contributed by atoms with Crippen molar-refractivity contribution in [2.75, 3.05) is 18.4 Å². The van der Waals surface area contributed by atoms with E-state index in [1.54, 1.807) is 6.08 Å². The van der Waals surface area contributed by atoms with E-state index in [1.165, 1.54) is 0 Å². The van der Waals surface area contributed by atoms with Crippen LogP contribution in [0.1, 0.15) is 5.56 Å². The van der Waals surface area contributed by atoms with Crippen LogP contribution in [0, 0.1) is 6.92 Å². The SMILES string of the molecule is C=CCNC(=O)CNc1ccccc1C. The van der Waals surface area contributed by atoms with Crippen LogP contribution in [-0.4, -0.2) is 19.0 Å². The number of aryl methyl sites for hydroxylation is 1. The van der Waals surface area contributed by atoms with Gasteiger partial charge in [0.1, 0.15) is 0 Å². The molecule has 0 aliphatic rings. The molecule has 0 atom stereocenters. The summed E-state index contributed by atoms with van der Waals surface area (Å²) >= 11 is 0. The molecule has 0 bridgehead atoms. The summed E-state index contributed by atoms with van der Waals surface area (Å²) in [5.41, 5.74) is 2.13. The van der Waals surface area contributed by atoms with Crippen LogP contribution in [0.5, 0.6) is 0 Å². The normalized spacial score (nSPS) is 9.40. The van der Waals surface area contributed by atoms with E-state index in [1.807, 2.05) is 31.2 Å². The average Bonchev–Trinajstić information content (AvgIpc) is 2.25. The molecule has 0 saturated heterocycles. The lowest BCUT2D eigenvalue weighted by Gasteiger charge is -2.08. The molecular weight excluding hydrogens is 188 g/mol. The maximum Gasteiger partial charge on any atom is 0.239 e. The van der Waals surface area contributed by atoms with Gasteiger partial charge in [0.05, 0.1) is 6.54 Å². The van der Waals surface area contributed by atoms with Crippen molar-refractivity contribution >= 4 is 11.6 Å². The van der Waals surface area contributed by atoms with Gasteiger partial charge in [-0.2, -0.15) is 0 Å². The molecule has 1 aromatic carbocycles. The summed E-state index contributed by atoms with van der Waals surface area (Å²) in [6, 6.07) is 7.87. The zero-order chi connectivity index (χ0) is 11.1. The molecule has 0 spiro atoms. The highest BCUT2D eigenvalue weighted by molar-refractivity contribution is 5.81. The number of para-hydroxylation sites is 1. The lowest BCUT2D eigenvalue weighted by Crippen LogP contribution is -2.29. The first-order chi connectivity index (χ1) is 7.24. The van der Waals surface area contributed by atoms with Crippen LogP contribution in [-0.2, 0) is 4.79 Å². The number of hydrogen-bond acceptors (Lipinski definition) is 2. The monoisotopic (exact) mass is 204 g/mol. The van der Waals surface area contributed by atoms with Gasteiger partial charge in [0.25, 0.3) is 0 Å². The topological polar surface area (TPSA) is 41.1 Å². The third-order valence-corrected chi connectivity index (χ3v) is 2.03. The highest BCUT2D eigenvalue weighted by atomic mass is 16.1. The molecule has 0 radical (unpaired) electrons. The average molecular weight is 204 g/mol. The fourth-order valence-corrected chi connectivity index (χ4v) is 1.20. The van der Waals surface area contributed by atoms with Crippen molar-refractivity contribution in [1.29, 1.82) is 0 Å². The van der Waals surface area contributed by atoms with Crippen molar-refractivity contribution in [2.24, 2.45) is 0 Å². The number of carbonyl (C=O) groups excluding carboxylic acids is 1. The largest absolute Gasteiger partial charge is 0.376 e. The highest BCUT2D eigenvalue weighted by Gasteiger charge is 2.00. The van der Waals surface area contributed by atoms with Crippen molar-refractivity contribution in [3.05, 3.63) is 42.5 Å². The standard InChI is InChI=1S/C12H16N2O/c1-3-8-13-12(15)9-14-11-7-5-4-6-10(11)2/h3-7,14H,1,8-9H2,2H3,(H,13,15). The lowest BCUT2D eigenvalue weighted by atomic mass is 10.2. The van der Waals surface area contributed by atoms with Gasteiger partial charge in [-0.1, -0.05) is 24.3 Å². The first-order valence-electron chi connectivity index (χ1n) is 4.91. The maximum atomic E-state index is 11.3. The van der Waals surface area contributed by atoms with Gasteiger partial charge in [-0.3, -0.25) is 4.79 Å². The van der Waals surface area contributed by atoms with Gasteiger partial charge in [0.15, 0.2) is 0 Å². The quantitative estimate of drug-likeness (QED) is 0.717. The van der Waals surface area contributed by atoms with Crippen LogP contribution in [0.15, 0.2) is 36.9 Å². The molecule has 0 saturated carbocycles. The van der Waals surface area contributed by atoms with E-state index < -0.39 is 0 Å². The molecule has 0 aromatic heterocycles. The van der Waals surface area contributed by atoms with E-state index in [0.29, 0.717) is 13.1 Å². The Morgan fingerprint density at radius 1 is 1.47 bits per heavy atom. The Bertz CT molecular complexity index is 347. The molecule has 0 heterocycles. The predicted octanol–water partition coefficient (Wildman–Crippen LogP) is 1.71. The molecule has 0 aliphatic carbocycles. The molecular formula is C12H16N2O. The van der Waals surface area contributed by atoms with E-state index in [9.17, 15) is 4.79 Å². The van der Waals surface area contributed by atoms with Crippen molar-refractivity contribution in [1.82, 2.24) is 5.32 Å². The molecule has 0 fully saturated rings. The Hall–Kier alpha value is -1.77. The zero-order valence-corrected chi connectivity index (χ0v) is 8.92. The number of carbonyl (C=O) groups is 1. The van der Waals surface area contributed by atoms with Crippen molar-refractivity contribution < 1.29 is 4.79 Å². The summed E-state index contributed by atoms with van der Waals surface area (Å²) < 4.78 is 0. The van der Waals surface area contributed by atoms with Crippen LogP contribution in [0.25, 0.3) is 0 Å². The summed E-state index contributed by atoms with van der Waals surface area (Å²) in [6.45, 7) is 6.33. The fraction of sp³-hybridized carbons (Fsp3) is 0.250. The minimum atomic E-state index is -0.0295. The van der Waals surface area contributed by atoms with Crippen molar-refractivity contribution in [3.8, 4) is 0 Å². The van der Waals surface area contributed by atoms with E-state index in [0.717, 1.165) is 11.3 Å². The molecule has 3 nitrogen and oxygen atoms in total. The molecule has 1 amide bonds. The number of rotatable bonds is 5. The van der Waals surface area contributed by atoms with Gasteiger partial charge in [0.2, 0.25) is 5.91 Å². The van der Waals surface area contributed by atoms with Gasteiger partial charge < -0.3 is 10.6 Å². The van der Waals surface area contributed by atoms with Crippen LogP contribution in [0.4, 0.5) is 5.69 Å². The molecule has 3 heteroatoms. The van der Waals surface area contributed by atoms with Crippen molar-refractivity contribution in [3.63, 3.8) is 0 Å². The number of benzene rings is 1. The van der Waals surface area contributed by atoms with Gasteiger partial charge in [0, 0.05) is 12.2 Å². The minimum absolute atomic E-state index is 0.0295. The highest BCUT2D eigenvalue weighted by Crippen LogP contribution is 2.12. The van der Waals surface area contributed by atoms with Crippen LogP contribution >= 0.6 is 0 Å². The Labute approximate surface area is 90.2 Å². The van der Waals surface area contributed by atoms with Gasteiger partial charge in [-0.25, -0.2) is 0 Å². The maximum absolute atomic E-state index is 11.3. The van der Waals surface area contributed by atoms with E-state index in [4.69, 9.17) is 0 Å². The Kier molecular flexibility index (Phi) is 4.41. The lowest BCUT2D eigenvalue weighted by molar-refractivity contribution is -0.119. The second-order valence-electron chi connectivity index (χ2n) is 3.26. The van der Waals surface area contributed by atoms with Crippen molar-refractivity contribution in [2.45, 2.75) is 6.92 Å². The zero-order valence-electron chi connectivity index (χ0n) is 8.92. The summed E-state index contributed by atoms with van der Waals surface area (Å²) in [7, 11) is 0. The number of amides is 1. The van der Waals surface area contributed by atoms with E-state index >= 15 is 0 Å². The second kappa shape index (κ2) is 5.86. The van der Waals surface area contributed by atoms with Gasteiger partial charge >= 0.3 is 0 Å². The molecule has 80 valence electrons. The third-order valence-electron chi connectivity index (χ3n) is 2.03. The third kappa shape index (κ3) is 3.85. The molecule has 2 N–H and O–H groups in total. The first-order valence-corrected chi connectivity index (χ1v) is 4.91. The number of nitrogens with one attached hydrogen (secondary N) is 2. The van der Waals surface area contributed by atoms with Crippen LogP contribution in [0.3, 0.4) is 0 Å². The second-order valence-corrected chi connectivity index (χ2v) is 3.26. The van der Waals surface area contributed by atoms with Crippen LogP contribution < -0.4 is 10.6 Å². The molecule has 1 aromatic rings. The smallest absolute Gasteiger partial charge is 0.239 e. The first kappa shape index (κ1) is 11.3. The predicted molar refractivity (Wildman–Crippen MR) is 62.9 cm³/mol. The van der Waals surface area contributed by atoms with Gasteiger partial charge in [-0.05, 0) is 18.6 Å². The summed E-state index contributed by atoms with van der Waals surface area (Å²) in [5, 5.41) is 5.78. The summed E-state index contributed by atoms with van der Waals surface area (Å²) in [5.74, 6) is -0.0295. The molecule has 1 rings (SSSR count). The summed E-state index contributed by atoms with van der Waals surface area (Å²) in [6.07, 6.45) is 1.66. The number of hydrogen-bond donors (Lipinski definition) is 2. The minimum Gasteiger partial charge on any atom is -0.376 e.